The molecular formula is C21H26N2O3S. The maximum atomic E-state index is 12.8. The molecule has 27 heavy (non-hydrogen) atoms. The average molecular weight is 387 g/mol. The summed E-state index contributed by atoms with van der Waals surface area (Å²) in [5.41, 5.74) is 1.72. The minimum Gasteiger partial charge on any atom is -0.381 e. The maximum Gasteiger partial charge on any atom is 0.270 e. The van der Waals surface area contributed by atoms with Gasteiger partial charge in [0.2, 0.25) is 0 Å². The molecule has 1 aromatic carbocycles. The summed E-state index contributed by atoms with van der Waals surface area (Å²) < 4.78 is 11.8. The first-order valence-corrected chi connectivity index (χ1v) is 10.9. The van der Waals surface area contributed by atoms with Gasteiger partial charge < -0.3 is 19.4 Å². The van der Waals surface area contributed by atoms with Gasteiger partial charge in [-0.05, 0) is 37.3 Å². The van der Waals surface area contributed by atoms with Crippen LogP contribution < -0.4 is 0 Å². The van der Waals surface area contributed by atoms with Gasteiger partial charge in [0.25, 0.3) is 5.91 Å². The van der Waals surface area contributed by atoms with Gasteiger partial charge in [0, 0.05) is 49.6 Å². The number of nitrogens with one attached hydrogen (secondary N) is 1. The second-order valence-corrected chi connectivity index (χ2v) is 9.63. The Hall–Kier alpha value is -1.50. The quantitative estimate of drug-likeness (QED) is 0.876. The van der Waals surface area contributed by atoms with E-state index in [0.717, 1.165) is 68.8 Å². The highest BCUT2D eigenvalue weighted by Gasteiger charge is 2.51. The average Bonchev–Trinajstić information content (AvgIpc) is 3.30. The third kappa shape index (κ3) is 3.50. The van der Waals surface area contributed by atoms with Crippen molar-refractivity contribution in [2.45, 2.75) is 30.1 Å². The van der Waals surface area contributed by atoms with E-state index in [-0.39, 0.29) is 10.7 Å². The number of rotatable bonds is 4. The maximum absolute atomic E-state index is 12.8. The molecule has 1 atom stereocenters. The van der Waals surface area contributed by atoms with Crippen LogP contribution in [0.4, 0.5) is 0 Å². The second-order valence-electron chi connectivity index (χ2n) is 8.14. The molecule has 0 unspecified atom stereocenters. The van der Waals surface area contributed by atoms with E-state index in [2.05, 4.69) is 4.98 Å². The van der Waals surface area contributed by atoms with Crippen LogP contribution in [-0.4, -0.2) is 65.3 Å². The van der Waals surface area contributed by atoms with E-state index in [0.29, 0.717) is 17.7 Å². The number of nitrogens with zero attached hydrogens (tertiary/aromatic N) is 1. The van der Waals surface area contributed by atoms with Gasteiger partial charge in [-0.25, -0.2) is 0 Å². The third-order valence-electron chi connectivity index (χ3n) is 6.09. The van der Waals surface area contributed by atoms with Gasteiger partial charge in [0.05, 0.1) is 10.9 Å². The number of amides is 1. The zero-order valence-electron chi connectivity index (χ0n) is 15.5. The number of carbonyl (C=O) groups is 1. The molecule has 1 amide bonds. The summed E-state index contributed by atoms with van der Waals surface area (Å²) >= 11 is 1.99. The fraction of sp³-hybridized carbons (Fsp3) is 0.571. The van der Waals surface area contributed by atoms with Gasteiger partial charge in [-0.1, -0.05) is 18.2 Å². The Balaban J connectivity index is 1.14. The van der Waals surface area contributed by atoms with Crippen molar-refractivity contribution in [1.82, 2.24) is 9.88 Å². The normalized spacial score (nSPS) is 25.2. The van der Waals surface area contributed by atoms with Crippen LogP contribution >= 0.6 is 11.8 Å². The number of hydrogen-bond acceptors (Lipinski definition) is 4. The SMILES string of the molecule is O=C(c1cc2ccccc2[nH]1)N1CC2(C[C@H](OCC3CCOCC3)CS2)C1. The van der Waals surface area contributed by atoms with Crippen molar-refractivity contribution in [3.8, 4) is 0 Å². The van der Waals surface area contributed by atoms with Crippen LogP contribution in [0.15, 0.2) is 30.3 Å². The largest absolute Gasteiger partial charge is 0.381 e. The van der Waals surface area contributed by atoms with Crippen LogP contribution in [0.3, 0.4) is 0 Å². The Bertz CT molecular complexity index is 791. The fourth-order valence-corrected chi connectivity index (χ4v) is 6.02. The van der Waals surface area contributed by atoms with Crippen molar-refractivity contribution >= 4 is 28.6 Å². The molecule has 5 rings (SSSR count). The highest BCUT2D eigenvalue weighted by molar-refractivity contribution is 8.01. The monoisotopic (exact) mass is 386 g/mol. The Morgan fingerprint density at radius 2 is 2.11 bits per heavy atom. The van der Waals surface area contributed by atoms with Gasteiger partial charge in [0.1, 0.15) is 5.69 Å². The van der Waals surface area contributed by atoms with Gasteiger partial charge in [-0.3, -0.25) is 4.79 Å². The van der Waals surface area contributed by atoms with Crippen LogP contribution in [0.25, 0.3) is 10.9 Å². The summed E-state index contributed by atoms with van der Waals surface area (Å²) in [6.45, 7) is 4.29. The van der Waals surface area contributed by atoms with Crippen molar-refractivity contribution < 1.29 is 14.3 Å². The summed E-state index contributed by atoms with van der Waals surface area (Å²) in [6, 6.07) is 9.99. The van der Waals surface area contributed by atoms with E-state index in [1.54, 1.807) is 0 Å². The molecule has 5 nitrogen and oxygen atoms in total. The zero-order valence-corrected chi connectivity index (χ0v) is 16.3. The first-order valence-electron chi connectivity index (χ1n) is 9.91. The van der Waals surface area contributed by atoms with Gasteiger partial charge in [-0.2, -0.15) is 0 Å². The number of carbonyl (C=O) groups excluding carboxylic acids is 1. The summed E-state index contributed by atoms with van der Waals surface area (Å²) in [5, 5.41) is 1.09. The first-order chi connectivity index (χ1) is 13.2. The fourth-order valence-electron chi connectivity index (χ4n) is 4.47. The Labute approximate surface area is 163 Å². The molecule has 3 fully saturated rings. The predicted octanol–water partition coefficient (Wildman–Crippen LogP) is 3.31. The van der Waals surface area contributed by atoms with Crippen molar-refractivity contribution in [3.05, 3.63) is 36.0 Å². The lowest BCUT2D eigenvalue weighted by atomic mass is 9.92. The Morgan fingerprint density at radius 3 is 2.93 bits per heavy atom. The minimum absolute atomic E-state index is 0.115. The number of para-hydroxylation sites is 1. The van der Waals surface area contributed by atoms with Gasteiger partial charge in [0.15, 0.2) is 0 Å². The number of ether oxygens (including phenoxy) is 2. The van der Waals surface area contributed by atoms with Crippen LogP contribution in [0, 0.1) is 5.92 Å². The Morgan fingerprint density at radius 1 is 1.30 bits per heavy atom. The van der Waals surface area contributed by atoms with E-state index >= 15 is 0 Å². The molecule has 0 bridgehead atoms. The molecule has 1 N–H and O–H groups in total. The van der Waals surface area contributed by atoms with Crippen molar-refractivity contribution in [2.75, 3.05) is 38.7 Å². The highest BCUT2D eigenvalue weighted by atomic mass is 32.2. The molecule has 3 saturated heterocycles. The van der Waals surface area contributed by atoms with Gasteiger partial charge >= 0.3 is 0 Å². The number of thioether (sulfide) groups is 1. The molecule has 6 heteroatoms. The van der Waals surface area contributed by atoms with E-state index < -0.39 is 0 Å². The van der Waals surface area contributed by atoms with E-state index in [9.17, 15) is 4.79 Å². The zero-order chi connectivity index (χ0) is 18.3. The van der Waals surface area contributed by atoms with Crippen LogP contribution in [0.5, 0.6) is 0 Å². The molecule has 1 aromatic heterocycles. The highest BCUT2D eigenvalue weighted by Crippen LogP contribution is 2.46. The number of likely N-dealkylation sites (tertiary alicyclic amines) is 1. The van der Waals surface area contributed by atoms with Crippen LogP contribution in [0.1, 0.15) is 29.8 Å². The second kappa shape index (κ2) is 7.15. The van der Waals surface area contributed by atoms with E-state index in [1.807, 2.05) is 47.0 Å². The van der Waals surface area contributed by atoms with E-state index in [4.69, 9.17) is 9.47 Å². The number of benzene rings is 1. The molecular weight excluding hydrogens is 360 g/mol. The Kier molecular flexibility index (Phi) is 4.66. The molecule has 3 aliphatic rings. The lowest BCUT2D eigenvalue weighted by molar-refractivity contribution is -0.0118. The number of aromatic nitrogens is 1. The summed E-state index contributed by atoms with van der Waals surface area (Å²) in [5.74, 6) is 1.82. The number of aromatic amines is 1. The molecule has 0 aliphatic carbocycles. The number of hydrogen-bond donors (Lipinski definition) is 1. The number of fused-ring (bicyclic) bond motifs is 1. The molecule has 2 aromatic rings. The number of H-pyrrole nitrogens is 1. The lowest BCUT2D eigenvalue weighted by Crippen LogP contribution is -2.60. The summed E-state index contributed by atoms with van der Waals surface area (Å²) in [6.07, 6.45) is 3.65. The topological polar surface area (TPSA) is 54.6 Å². The van der Waals surface area contributed by atoms with Crippen molar-refractivity contribution in [1.29, 1.82) is 0 Å². The predicted molar refractivity (Wildman–Crippen MR) is 107 cm³/mol. The lowest BCUT2D eigenvalue weighted by Gasteiger charge is -2.47. The minimum atomic E-state index is 0.115. The molecule has 0 saturated carbocycles. The van der Waals surface area contributed by atoms with Crippen molar-refractivity contribution in [2.24, 2.45) is 5.92 Å². The molecule has 3 aliphatic heterocycles. The molecule has 0 radical (unpaired) electrons. The summed E-state index contributed by atoms with van der Waals surface area (Å²) in [4.78, 5) is 18.0. The third-order valence-corrected chi connectivity index (χ3v) is 7.66. The van der Waals surface area contributed by atoms with Gasteiger partial charge in [-0.15, -0.1) is 11.8 Å². The summed E-state index contributed by atoms with van der Waals surface area (Å²) in [7, 11) is 0. The standard InChI is InChI=1S/C21H26N2O3S/c24-20(19-9-16-3-1-2-4-18(16)22-19)23-13-21(14-23)10-17(12-27-21)26-11-15-5-7-25-8-6-15/h1-4,9,15,17,22H,5-8,10-14H2/t17-/m0/s1. The van der Waals surface area contributed by atoms with Crippen LogP contribution in [0.2, 0.25) is 0 Å². The van der Waals surface area contributed by atoms with Crippen LogP contribution in [-0.2, 0) is 9.47 Å². The smallest absolute Gasteiger partial charge is 0.270 e. The first kappa shape index (κ1) is 17.6. The molecule has 1 spiro atoms. The van der Waals surface area contributed by atoms with E-state index in [1.165, 1.54) is 0 Å². The van der Waals surface area contributed by atoms with Crippen molar-refractivity contribution in [3.63, 3.8) is 0 Å². The molecule has 4 heterocycles. The molecule has 144 valence electrons.